The fraction of sp³-hybridized carbons (Fsp3) is 0.429. The lowest BCUT2D eigenvalue weighted by Gasteiger charge is -2.14. The van der Waals surface area contributed by atoms with Gasteiger partial charge in [0.05, 0.1) is 5.76 Å². The first kappa shape index (κ1) is 10.3. The van der Waals surface area contributed by atoms with E-state index in [2.05, 4.69) is 18.7 Å². The maximum absolute atomic E-state index is 5.72. The van der Waals surface area contributed by atoms with Crippen molar-refractivity contribution in [1.82, 2.24) is 0 Å². The molecule has 1 fully saturated rings. The van der Waals surface area contributed by atoms with Crippen LogP contribution in [0, 0.1) is 5.92 Å². The summed E-state index contributed by atoms with van der Waals surface area (Å²) in [6.45, 7) is 4.69. The summed E-state index contributed by atoms with van der Waals surface area (Å²) in [4.78, 5) is 0. The molecule has 2 rings (SSSR count). The zero-order valence-corrected chi connectivity index (χ0v) is 9.11. The molecule has 1 heteroatoms. The number of benzene rings is 1. The van der Waals surface area contributed by atoms with E-state index in [1.807, 2.05) is 18.2 Å². The topological polar surface area (TPSA) is 9.23 Å². The first-order chi connectivity index (χ1) is 7.36. The first-order valence-electron chi connectivity index (χ1n) is 5.72. The highest BCUT2D eigenvalue weighted by Crippen LogP contribution is 2.30. The van der Waals surface area contributed by atoms with Gasteiger partial charge in [-0.25, -0.2) is 0 Å². The molecule has 80 valence electrons. The molecule has 0 radical (unpaired) electrons. The summed E-state index contributed by atoms with van der Waals surface area (Å²) in [6.07, 6.45) is 5.18. The maximum atomic E-state index is 5.72. The van der Waals surface area contributed by atoms with Crippen LogP contribution in [0.4, 0.5) is 0 Å². The van der Waals surface area contributed by atoms with Crippen molar-refractivity contribution in [3.63, 3.8) is 0 Å². The van der Waals surface area contributed by atoms with Crippen molar-refractivity contribution in [3.05, 3.63) is 48.2 Å². The molecule has 1 nitrogen and oxygen atoms in total. The lowest BCUT2D eigenvalue weighted by Crippen LogP contribution is -2.02. The van der Waals surface area contributed by atoms with Crippen LogP contribution in [0.2, 0.25) is 0 Å². The monoisotopic (exact) mass is 202 g/mol. The van der Waals surface area contributed by atoms with Gasteiger partial charge in [-0.15, -0.1) is 0 Å². The second-order valence-corrected chi connectivity index (χ2v) is 4.22. The highest BCUT2D eigenvalue weighted by atomic mass is 16.5. The molecule has 1 aromatic rings. The minimum Gasteiger partial charge on any atom is -0.494 e. The third kappa shape index (κ3) is 2.85. The molecule has 0 unspecified atom stereocenters. The summed E-state index contributed by atoms with van der Waals surface area (Å²) in [5.74, 6) is 1.59. The minimum atomic E-state index is 0.605. The van der Waals surface area contributed by atoms with Gasteiger partial charge in [0.2, 0.25) is 0 Å². The molecule has 0 spiro atoms. The molecule has 0 atom stereocenters. The molecule has 0 N–H and O–H groups in total. The molecule has 15 heavy (non-hydrogen) atoms. The highest BCUT2D eigenvalue weighted by molar-refractivity contribution is 5.13. The van der Waals surface area contributed by atoms with Crippen molar-refractivity contribution in [2.45, 2.75) is 32.3 Å². The second kappa shape index (κ2) is 5.01. The fourth-order valence-corrected chi connectivity index (χ4v) is 2.12. The van der Waals surface area contributed by atoms with Gasteiger partial charge in [-0.3, -0.25) is 0 Å². The van der Waals surface area contributed by atoms with Crippen molar-refractivity contribution < 1.29 is 4.74 Å². The third-order valence-corrected chi connectivity index (χ3v) is 3.08. The van der Waals surface area contributed by atoms with Crippen molar-refractivity contribution in [3.8, 4) is 0 Å². The molecule has 1 aromatic carbocycles. The lowest BCUT2D eigenvalue weighted by molar-refractivity contribution is 0.166. The summed E-state index contributed by atoms with van der Waals surface area (Å²) in [5.41, 5.74) is 1.22. The SMILES string of the molecule is C=C(OCc1ccccc1)C1CCCC1. The van der Waals surface area contributed by atoms with Crippen LogP contribution < -0.4 is 0 Å². The standard InChI is InChI=1S/C14H18O/c1-12(14-9-5-6-10-14)15-11-13-7-3-2-4-8-13/h2-4,7-8,14H,1,5-6,9-11H2. The van der Waals surface area contributed by atoms with E-state index in [1.54, 1.807) is 0 Å². The van der Waals surface area contributed by atoms with Gasteiger partial charge >= 0.3 is 0 Å². The zero-order chi connectivity index (χ0) is 10.5. The minimum absolute atomic E-state index is 0.605. The van der Waals surface area contributed by atoms with Crippen molar-refractivity contribution in [2.24, 2.45) is 5.92 Å². The van der Waals surface area contributed by atoms with E-state index in [-0.39, 0.29) is 0 Å². The summed E-state index contributed by atoms with van der Waals surface area (Å²) < 4.78 is 5.72. The molecular formula is C14H18O. The molecule has 1 aliphatic carbocycles. The Morgan fingerprint density at radius 1 is 1.20 bits per heavy atom. The Kier molecular flexibility index (Phi) is 3.44. The van der Waals surface area contributed by atoms with Crippen LogP contribution in [0.15, 0.2) is 42.7 Å². The van der Waals surface area contributed by atoms with E-state index in [0.29, 0.717) is 12.5 Å². The van der Waals surface area contributed by atoms with Crippen molar-refractivity contribution in [2.75, 3.05) is 0 Å². The summed E-state index contributed by atoms with van der Waals surface area (Å²) >= 11 is 0. The quantitative estimate of drug-likeness (QED) is 0.673. The van der Waals surface area contributed by atoms with E-state index in [0.717, 1.165) is 5.76 Å². The van der Waals surface area contributed by atoms with Crippen LogP contribution in [-0.2, 0) is 11.3 Å². The maximum Gasteiger partial charge on any atom is 0.113 e. The Balaban J connectivity index is 1.80. The highest BCUT2D eigenvalue weighted by Gasteiger charge is 2.18. The number of ether oxygens (including phenoxy) is 1. The molecule has 1 saturated carbocycles. The number of hydrogen-bond donors (Lipinski definition) is 0. The van der Waals surface area contributed by atoms with Crippen LogP contribution in [-0.4, -0.2) is 0 Å². The number of hydrogen-bond acceptors (Lipinski definition) is 1. The molecule has 0 heterocycles. The molecule has 0 aliphatic heterocycles. The fourth-order valence-electron chi connectivity index (χ4n) is 2.12. The van der Waals surface area contributed by atoms with Gasteiger partial charge < -0.3 is 4.74 Å². The third-order valence-electron chi connectivity index (χ3n) is 3.08. The van der Waals surface area contributed by atoms with Crippen molar-refractivity contribution >= 4 is 0 Å². The van der Waals surface area contributed by atoms with Crippen LogP contribution in [0.25, 0.3) is 0 Å². The van der Waals surface area contributed by atoms with E-state index in [4.69, 9.17) is 4.74 Å². The molecule has 0 amide bonds. The second-order valence-electron chi connectivity index (χ2n) is 4.22. The van der Waals surface area contributed by atoms with Gasteiger partial charge in [0.1, 0.15) is 6.61 Å². The van der Waals surface area contributed by atoms with Crippen LogP contribution >= 0.6 is 0 Å². The van der Waals surface area contributed by atoms with Gasteiger partial charge in [-0.2, -0.15) is 0 Å². The summed E-state index contributed by atoms with van der Waals surface area (Å²) in [6, 6.07) is 10.3. The van der Waals surface area contributed by atoms with Gasteiger partial charge in [0.25, 0.3) is 0 Å². The predicted octanol–water partition coefficient (Wildman–Crippen LogP) is 3.91. The predicted molar refractivity (Wildman–Crippen MR) is 62.3 cm³/mol. The molecule has 1 aliphatic rings. The van der Waals surface area contributed by atoms with Gasteiger partial charge in [0, 0.05) is 5.92 Å². The smallest absolute Gasteiger partial charge is 0.113 e. The van der Waals surface area contributed by atoms with Gasteiger partial charge in [0.15, 0.2) is 0 Å². The Hall–Kier alpha value is -1.24. The summed E-state index contributed by atoms with van der Waals surface area (Å²) in [7, 11) is 0. The largest absolute Gasteiger partial charge is 0.494 e. The Labute approximate surface area is 91.8 Å². The summed E-state index contributed by atoms with van der Waals surface area (Å²) in [5, 5.41) is 0. The number of allylic oxidation sites excluding steroid dienone is 1. The van der Waals surface area contributed by atoms with Crippen LogP contribution in [0.3, 0.4) is 0 Å². The van der Waals surface area contributed by atoms with E-state index in [1.165, 1.54) is 31.2 Å². The van der Waals surface area contributed by atoms with Gasteiger partial charge in [-0.05, 0) is 18.4 Å². The van der Waals surface area contributed by atoms with Crippen LogP contribution in [0.5, 0.6) is 0 Å². The first-order valence-corrected chi connectivity index (χ1v) is 5.72. The average molecular weight is 202 g/mol. The van der Waals surface area contributed by atoms with E-state index >= 15 is 0 Å². The lowest BCUT2D eigenvalue weighted by atomic mass is 10.1. The number of rotatable bonds is 4. The average Bonchev–Trinajstić information content (AvgIpc) is 2.81. The molecule has 0 aromatic heterocycles. The molecule has 0 bridgehead atoms. The Morgan fingerprint density at radius 2 is 1.87 bits per heavy atom. The van der Waals surface area contributed by atoms with Gasteiger partial charge in [-0.1, -0.05) is 49.8 Å². The van der Waals surface area contributed by atoms with Crippen molar-refractivity contribution in [1.29, 1.82) is 0 Å². The van der Waals surface area contributed by atoms with Crippen LogP contribution in [0.1, 0.15) is 31.2 Å². The zero-order valence-electron chi connectivity index (χ0n) is 9.11. The Morgan fingerprint density at radius 3 is 2.53 bits per heavy atom. The normalized spacial score (nSPS) is 16.5. The van der Waals surface area contributed by atoms with E-state index in [9.17, 15) is 0 Å². The Bertz CT molecular complexity index is 309. The molecular weight excluding hydrogens is 184 g/mol. The van der Waals surface area contributed by atoms with E-state index < -0.39 is 0 Å². The molecule has 0 saturated heterocycles.